The lowest BCUT2D eigenvalue weighted by atomic mass is 10.1. The van der Waals surface area contributed by atoms with Crippen LogP contribution in [0.1, 0.15) is 31.0 Å². The van der Waals surface area contributed by atoms with Gasteiger partial charge in [0.25, 0.3) is 0 Å². The molecule has 0 amide bonds. The number of nitrogens with zero attached hydrogens (tertiary/aromatic N) is 1. The normalized spacial score (nSPS) is 12.4. The van der Waals surface area contributed by atoms with Gasteiger partial charge in [-0.15, -0.1) is 0 Å². The quantitative estimate of drug-likeness (QED) is 0.442. The highest BCUT2D eigenvalue weighted by atomic mass is 16.5. The molecule has 4 aromatic rings. The zero-order valence-electron chi connectivity index (χ0n) is 17.5. The summed E-state index contributed by atoms with van der Waals surface area (Å²) in [5.74, 6) is 1.78. The Kier molecular flexibility index (Phi) is 5.45. The first-order valence-corrected chi connectivity index (χ1v) is 10.1. The summed E-state index contributed by atoms with van der Waals surface area (Å²) in [4.78, 5) is 0. The van der Waals surface area contributed by atoms with Gasteiger partial charge >= 0.3 is 0 Å². The summed E-state index contributed by atoms with van der Waals surface area (Å²) < 4.78 is 13.2. The van der Waals surface area contributed by atoms with Gasteiger partial charge in [-0.1, -0.05) is 18.2 Å². The van der Waals surface area contributed by atoms with E-state index >= 15 is 0 Å². The molecule has 0 aliphatic heterocycles. The Morgan fingerprint density at radius 1 is 0.862 bits per heavy atom. The Morgan fingerprint density at radius 3 is 2.28 bits per heavy atom. The number of hydrogen-bond acceptors (Lipinski definition) is 3. The molecule has 0 saturated carbocycles. The number of aryl methyl sites for hydroxylation is 1. The fraction of sp³-hybridized carbons (Fsp3) is 0.280. The van der Waals surface area contributed by atoms with Crippen LogP contribution in [0.3, 0.4) is 0 Å². The minimum Gasteiger partial charge on any atom is -0.497 e. The molecule has 1 N–H and O–H groups in total. The van der Waals surface area contributed by atoms with E-state index in [0.29, 0.717) is 0 Å². The highest BCUT2D eigenvalue weighted by Gasteiger charge is 2.12. The van der Waals surface area contributed by atoms with Gasteiger partial charge in [-0.3, -0.25) is 0 Å². The molecular formula is C25H28N2O2. The van der Waals surface area contributed by atoms with Gasteiger partial charge in [0.2, 0.25) is 0 Å². The van der Waals surface area contributed by atoms with Crippen LogP contribution in [0.5, 0.6) is 11.5 Å². The number of hydrogen-bond donors (Lipinski definition) is 1. The lowest BCUT2D eigenvalue weighted by Crippen LogP contribution is -2.18. The fourth-order valence-electron chi connectivity index (χ4n) is 4.01. The van der Waals surface area contributed by atoms with Crippen molar-refractivity contribution in [1.29, 1.82) is 0 Å². The van der Waals surface area contributed by atoms with E-state index in [-0.39, 0.29) is 6.04 Å². The van der Waals surface area contributed by atoms with E-state index in [2.05, 4.69) is 66.2 Å². The molecule has 1 heterocycles. The maximum absolute atomic E-state index is 5.46. The van der Waals surface area contributed by atoms with Crippen LogP contribution in [0.4, 0.5) is 0 Å². The van der Waals surface area contributed by atoms with Crippen molar-refractivity contribution in [3.05, 3.63) is 71.8 Å². The van der Waals surface area contributed by atoms with E-state index in [4.69, 9.17) is 9.47 Å². The van der Waals surface area contributed by atoms with Gasteiger partial charge in [-0.25, -0.2) is 0 Å². The van der Waals surface area contributed by atoms with Gasteiger partial charge in [0, 0.05) is 40.9 Å². The van der Waals surface area contributed by atoms with Gasteiger partial charge in [-0.05, 0) is 67.4 Å². The Bertz CT molecular complexity index is 1150. The van der Waals surface area contributed by atoms with Crippen LogP contribution in [-0.2, 0) is 13.1 Å². The molecule has 3 aromatic carbocycles. The summed E-state index contributed by atoms with van der Waals surface area (Å²) in [6, 6.07) is 21.5. The van der Waals surface area contributed by atoms with Crippen LogP contribution < -0.4 is 14.8 Å². The summed E-state index contributed by atoms with van der Waals surface area (Å²) in [7, 11) is 3.42. The summed E-state index contributed by atoms with van der Waals surface area (Å²) in [5, 5.41) is 6.15. The predicted octanol–water partition coefficient (Wildman–Crippen LogP) is 5.68. The van der Waals surface area contributed by atoms with Gasteiger partial charge in [0.05, 0.1) is 14.2 Å². The first-order valence-electron chi connectivity index (χ1n) is 10.1. The van der Waals surface area contributed by atoms with Gasteiger partial charge < -0.3 is 19.4 Å². The molecule has 4 nitrogen and oxygen atoms in total. The van der Waals surface area contributed by atoms with Crippen LogP contribution in [0, 0.1) is 0 Å². The number of ether oxygens (including phenoxy) is 2. The number of fused-ring (bicyclic) bond motifs is 3. The van der Waals surface area contributed by atoms with Crippen molar-refractivity contribution >= 4 is 21.8 Å². The summed E-state index contributed by atoms with van der Waals surface area (Å²) in [6.45, 7) is 6.11. The predicted molar refractivity (Wildman–Crippen MR) is 120 cm³/mol. The second kappa shape index (κ2) is 8.18. The maximum atomic E-state index is 5.46. The Morgan fingerprint density at radius 2 is 1.55 bits per heavy atom. The third-order valence-electron chi connectivity index (χ3n) is 5.66. The number of rotatable bonds is 7. The molecule has 0 radical (unpaired) electrons. The topological polar surface area (TPSA) is 35.4 Å². The summed E-state index contributed by atoms with van der Waals surface area (Å²) in [6.07, 6.45) is 0. The van der Waals surface area contributed by atoms with E-state index in [9.17, 15) is 0 Å². The molecule has 4 heteroatoms. The highest BCUT2D eigenvalue weighted by Crippen LogP contribution is 2.32. The zero-order valence-corrected chi connectivity index (χ0v) is 17.5. The minimum absolute atomic E-state index is 0.234. The molecule has 29 heavy (non-hydrogen) atoms. The van der Waals surface area contributed by atoms with Crippen LogP contribution in [0.2, 0.25) is 0 Å². The van der Waals surface area contributed by atoms with Crippen LogP contribution in [0.25, 0.3) is 21.8 Å². The van der Waals surface area contributed by atoms with Gasteiger partial charge in [0.15, 0.2) is 0 Å². The van der Waals surface area contributed by atoms with Crippen molar-refractivity contribution in [3.8, 4) is 11.5 Å². The smallest absolute Gasteiger partial charge is 0.119 e. The molecule has 0 fully saturated rings. The van der Waals surface area contributed by atoms with Crippen LogP contribution in [0.15, 0.2) is 60.7 Å². The Balaban J connectivity index is 1.63. The van der Waals surface area contributed by atoms with E-state index in [0.717, 1.165) is 24.6 Å². The SMILES string of the molecule is CCn1c2ccc(CNC(C)c3cccc(OC)c3)cc2c2cc(OC)ccc21. The number of nitrogens with one attached hydrogen (secondary N) is 1. The fourth-order valence-corrected chi connectivity index (χ4v) is 4.01. The molecule has 150 valence electrons. The molecule has 0 aliphatic carbocycles. The number of methoxy groups -OCH3 is 2. The van der Waals surface area contributed by atoms with Gasteiger partial charge in [0.1, 0.15) is 11.5 Å². The van der Waals surface area contributed by atoms with Crippen molar-refractivity contribution in [2.45, 2.75) is 33.0 Å². The van der Waals surface area contributed by atoms with E-state index in [1.165, 1.54) is 32.9 Å². The second-order valence-electron chi connectivity index (χ2n) is 7.36. The second-order valence-corrected chi connectivity index (χ2v) is 7.36. The molecule has 0 spiro atoms. The van der Waals surface area contributed by atoms with E-state index in [1.807, 2.05) is 18.2 Å². The number of aromatic nitrogens is 1. The van der Waals surface area contributed by atoms with Crippen LogP contribution in [-0.4, -0.2) is 18.8 Å². The monoisotopic (exact) mass is 388 g/mol. The standard InChI is InChI=1S/C25H28N2O2/c1-5-27-24-11-9-18(13-22(24)23-15-21(29-4)10-12-25(23)27)16-26-17(2)19-7-6-8-20(14-19)28-3/h6-15,17,26H,5,16H2,1-4H3. The molecule has 0 saturated heterocycles. The Hall–Kier alpha value is -2.98. The van der Waals surface area contributed by atoms with Crippen molar-refractivity contribution in [2.24, 2.45) is 0 Å². The van der Waals surface area contributed by atoms with Crippen molar-refractivity contribution in [1.82, 2.24) is 9.88 Å². The zero-order chi connectivity index (χ0) is 20.4. The third-order valence-corrected chi connectivity index (χ3v) is 5.66. The summed E-state index contributed by atoms with van der Waals surface area (Å²) >= 11 is 0. The molecule has 4 rings (SSSR count). The lowest BCUT2D eigenvalue weighted by Gasteiger charge is -2.15. The Labute approximate surface area is 172 Å². The molecule has 1 atom stereocenters. The average Bonchev–Trinajstić information content (AvgIpc) is 3.09. The number of benzene rings is 3. The lowest BCUT2D eigenvalue weighted by molar-refractivity contribution is 0.413. The van der Waals surface area contributed by atoms with Crippen molar-refractivity contribution in [2.75, 3.05) is 14.2 Å². The molecule has 0 aliphatic rings. The summed E-state index contributed by atoms with van der Waals surface area (Å²) in [5.41, 5.74) is 5.00. The molecule has 0 bridgehead atoms. The molecular weight excluding hydrogens is 360 g/mol. The molecule has 1 unspecified atom stereocenters. The first kappa shape index (κ1) is 19.3. The third kappa shape index (κ3) is 3.68. The van der Waals surface area contributed by atoms with Crippen LogP contribution >= 0.6 is 0 Å². The largest absolute Gasteiger partial charge is 0.497 e. The van der Waals surface area contributed by atoms with E-state index in [1.54, 1.807) is 14.2 Å². The molecule has 1 aromatic heterocycles. The minimum atomic E-state index is 0.234. The maximum Gasteiger partial charge on any atom is 0.119 e. The van der Waals surface area contributed by atoms with Crippen molar-refractivity contribution < 1.29 is 9.47 Å². The first-order chi connectivity index (χ1) is 14.1. The van der Waals surface area contributed by atoms with Crippen molar-refractivity contribution in [3.63, 3.8) is 0 Å². The average molecular weight is 389 g/mol. The van der Waals surface area contributed by atoms with E-state index < -0.39 is 0 Å². The van der Waals surface area contributed by atoms with Gasteiger partial charge in [-0.2, -0.15) is 0 Å². The highest BCUT2D eigenvalue weighted by molar-refractivity contribution is 6.08.